The van der Waals surface area contributed by atoms with E-state index in [1.165, 1.54) is 11.3 Å². The maximum absolute atomic E-state index is 13.8. The molecule has 6 saturated carbocycles. The number of aromatic nitrogens is 1. The Labute approximate surface area is 471 Å². The molecule has 79 heavy (non-hydrogen) atoms. The van der Waals surface area contributed by atoms with Gasteiger partial charge in [-0.3, -0.25) is 28.8 Å². The highest BCUT2D eigenvalue weighted by atomic mass is 32.1. The zero-order chi connectivity index (χ0) is 56.0. The van der Waals surface area contributed by atoms with Crippen molar-refractivity contribution >= 4 is 57.4 Å². The molecule has 0 bridgehead atoms. The Morgan fingerprint density at radius 1 is 0.430 bits per heavy atom. The maximum Gasteiger partial charge on any atom is 0.314 e. The number of nitriles is 1. The van der Waals surface area contributed by atoms with Gasteiger partial charge in [0.05, 0.1) is 47.1 Å². The van der Waals surface area contributed by atoms with Crippen molar-refractivity contribution in [3.8, 4) is 28.1 Å². The maximum atomic E-state index is 13.8. The minimum absolute atomic E-state index is 0.0246. The normalized spacial score (nSPS) is 29.7. The highest BCUT2D eigenvalue weighted by Gasteiger charge is 2.40. The van der Waals surface area contributed by atoms with Crippen molar-refractivity contribution in [3.63, 3.8) is 0 Å². The van der Waals surface area contributed by atoms with Crippen LogP contribution < -0.4 is 9.47 Å². The number of fused-ring (bicyclic) bond motifs is 1. The number of benzene rings is 2. The summed E-state index contributed by atoms with van der Waals surface area (Å²) in [7, 11) is 0. The summed E-state index contributed by atoms with van der Waals surface area (Å²) < 4.78 is 36.7. The molecule has 1 heterocycles. The summed E-state index contributed by atoms with van der Waals surface area (Å²) in [6.07, 6.45) is 16.2. The number of rotatable bonds is 13. The molecule has 0 amide bonds. The standard InChI is InChI=1S/C64H84N2O12S/c1-63(2,3)46-23-19-44(20-24-46)59(69)75-50-31-27-48(28-32-50)73-57(67)40-11-15-42(16-12-40)61(71)77-52-35-36-53(55-54(52)66-56(79-55)39-9-7-38(37-65)8-10-39)78-62(72)43-17-13-41(14-18-43)58(68)74-49-29-33-51(34-30-49)76-60(70)45-21-25-47(26-22-45)64(4,5)6/h7-10,35-36,40-51H,11-34H2,1-6H3/t40?,41?,42?,43?,44-,45?,46-,47?,48-,49?,50-,51?. The van der Waals surface area contributed by atoms with Crippen LogP contribution in [0.4, 0.5) is 0 Å². The predicted molar refractivity (Wildman–Crippen MR) is 298 cm³/mol. The van der Waals surface area contributed by atoms with Gasteiger partial charge in [0.25, 0.3) is 0 Å². The van der Waals surface area contributed by atoms with Crippen molar-refractivity contribution < 1.29 is 57.2 Å². The van der Waals surface area contributed by atoms with E-state index in [9.17, 15) is 34.0 Å². The summed E-state index contributed by atoms with van der Waals surface area (Å²) in [6.45, 7) is 13.6. The van der Waals surface area contributed by atoms with Gasteiger partial charge in [-0.15, -0.1) is 11.3 Å². The van der Waals surface area contributed by atoms with Gasteiger partial charge in [-0.05, 0) is 201 Å². The number of carbonyl (C=O) groups is 6. The van der Waals surface area contributed by atoms with E-state index in [1.54, 1.807) is 36.4 Å². The first-order valence-electron chi connectivity index (χ1n) is 30.0. The molecule has 0 spiro atoms. The van der Waals surface area contributed by atoms with Crippen LogP contribution in [0.1, 0.15) is 201 Å². The molecule has 428 valence electrons. The molecule has 9 rings (SSSR count). The molecule has 14 nitrogen and oxygen atoms in total. The lowest BCUT2D eigenvalue weighted by Crippen LogP contribution is -2.35. The molecule has 1 aromatic heterocycles. The molecule has 3 aromatic rings. The van der Waals surface area contributed by atoms with Gasteiger partial charge in [0, 0.05) is 5.56 Å². The number of thiazole rings is 1. The fraction of sp³-hybridized carbons (Fsp3) is 0.688. The van der Waals surface area contributed by atoms with Crippen molar-refractivity contribution in [1.29, 1.82) is 5.26 Å². The molecule has 0 N–H and O–H groups in total. The van der Waals surface area contributed by atoms with Crippen LogP contribution in [-0.4, -0.2) is 65.2 Å². The fourth-order valence-corrected chi connectivity index (χ4v) is 14.5. The SMILES string of the molecule is CC(C)(C)C1CCC(C(=O)OC2CCC(OC(=O)C3CCC(C(=O)Oc4ccc(OC(=O)C5CCC(C(=O)O[C@H]6CC[C@H](OC(=O)[C@H]7CC[C@H](C(C)(C)C)CC7)CC6)CC5)c5nc(-c6ccc(C#N)cc6)sc45)CC3)CC2)CC1. The molecule has 0 unspecified atom stereocenters. The lowest BCUT2D eigenvalue weighted by Gasteiger charge is -2.37. The third-order valence-electron chi connectivity index (χ3n) is 18.9. The van der Waals surface area contributed by atoms with Crippen LogP contribution in [0.2, 0.25) is 0 Å². The van der Waals surface area contributed by atoms with E-state index in [-0.39, 0.29) is 94.3 Å². The Kier molecular flexibility index (Phi) is 18.9. The summed E-state index contributed by atoms with van der Waals surface area (Å²) in [5.41, 5.74) is 2.11. The number of ether oxygens (including phenoxy) is 6. The Morgan fingerprint density at radius 3 is 1.06 bits per heavy atom. The van der Waals surface area contributed by atoms with Gasteiger partial charge in [0.15, 0.2) is 11.5 Å². The number of nitrogens with zero attached hydrogens (tertiary/aromatic N) is 2. The van der Waals surface area contributed by atoms with Gasteiger partial charge < -0.3 is 28.4 Å². The van der Waals surface area contributed by atoms with Gasteiger partial charge in [-0.25, -0.2) is 4.98 Å². The third kappa shape index (κ3) is 15.0. The fourth-order valence-electron chi connectivity index (χ4n) is 13.4. The minimum Gasteiger partial charge on any atom is -0.462 e. The predicted octanol–water partition coefficient (Wildman–Crippen LogP) is 13.8. The van der Waals surface area contributed by atoms with Gasteiger partial charge in [-0.2, -0.15) is 5.26 Å². The lowest BCUT2D eigenvalue weighted by atomic mass is 9.70. The van der Waals surface area contributed by atoms with Crippen LogP contribution in [0.15, 0.2) is 36.4 Å². The van der Waals surface area contributed by atoms with Gasteiger partial charge >= 0.3 is 35.8 Å². The molecule has 6 aliphatic rings. The summed E-state index contributed by atoms with van der Waals surface area (Å²) in [5, 5.41) is 10.0. The molecule has 0 atom stereocenters. The average Bonchev–Trinajstić information content (AvgIpc) is 3.94. The van der Waals surface area contributed by atoms with Crippen LogP contribution >= 0.6 is 11.3 Å². The number of esters is 6. The van der Waals surface area contributed by atoms with E-state index in [4.69, 9.17) is 33.4 Å². The van der Waals surface area contributed by atoms with E-state index in [0.717, 1.165) is 56.9 Å². The Hall–Kier alpha value is -5.36. The van der Waals surface area contributed by atoms with Crippen molar-refractivity contribution in [2.24, 2.45) is 58.2 Å². The first-order chi connectivity index (χ1) is 37.8. The van der Waals surface area contributed by atoms with Crippen molar-refractivity contribution in [2.75, 3.05) is 0 Å². The molecular formula is C64H84N2O12S. The third-order valence-corrected chi connectivity index (χ3v) is 20.0. The molecule has 6 fully saturated rings. The molecule has 0 saturated heterocycles. The molecular weight excluding hydrogens is 1020 g/mol. The number of hydrogen-bond acceptors (Lipinski definition) is 15. The first-order valence-corrected chi connectivity index (χ1v) is 30.8. The molecule has 15 heteroatoms. The van der Waals surface area contributed by atoms with E-state index in [1.807, 2.05) is 0 Å². The summed E-state index contributed by atoms with van der Waals surface area (Å²) in [5.74, 6) is -1.22. The van der Waals surface area contributed by atoms with Crippen molar-refractivity contribution in [3.05, 3.63) is 42.0 Å². The second kappa shape index (κ2) is 25.6. The smallest absolute Gasteiger partial charge is 0.314 e. The lowest BCUT2D eigenvalue weighted by molar-refractivity contribution is -0.165. The van der Waals surface area contributed by atoms with Gasteiger partial charge in [0.2, 0.25) is 0 Å². The number of carbonyl (C=O) groups excluding carboxylic acids is 6. The summed E-state index contributed by atoms with van der Waals surface area (Å²) in [6, 6.07) is 12.4. The monoisotopic (exact) mass is 1100 g/mol. The average molecular weight is 1110 g/mol. The van der Waals surface area contributed by atoms with E-state index in [2.05, 4.69) is 47.6 Å². The summed E-state index contributed by atoms with van der Waals surface area (Å²) >= 11 is 1.29. The Morgan fingerprint density at radius 2 is 0.734 bits per heavy atom. The van der Waals surface area contributed by atoms with Crippen LogP contribution in [0.3, 0.4) is 0 Å². The molecule has 0 radical (unpaired) electrons. The van der Waals surface area contributed by atoms with Crippen LogP contribution in [0.25, 0.3) is 20.8 Å². The van der Waals surface area contributed by atoms with Gasteiger partial charge in [-0.1, -0.05) is 53.7 Å². The number of hydrogen-bond donors (Lipinski definition) is 0. The van der Waals surface area contributed by atoms with E-state index >= 15 is 0 Å². The Balaban J connectivity index is 0.726. The topological polar surface area (TPSA) is 194 Å². The zero-order valence-corrected chi connectivity index (χ0v) is 48.4. The Bertz CT molecular complexity index is 2510. The largest absolute Gasteiger partial charge is 0.462 e. The van der Waals surface area contributed by atoms with Crippen LogP contribution in [0.5, 0.6) is 11.5 Å². The highest BCUT2D eigenvalue weighted by Crippen LogP contribution is 2.45. The van der Waals surface area contributed by atoms with Crippen LogP contribution in [0, 0.1) is 69.5 Å². The van der Waals surface area contributed by atoms with Crippen LogP contribution in [-0.2, 0) is 47.7 Å². The van der Waals surface area contributed by atoms with Gasteiger partial charge in [0.1, 0.15) is 39.6 Å². The molecule has 2 aromatic carbocycles. The quantitative estimate of drug-likeness (QED) is 0.0891. The first kappa shape index (κ1) is 58.3. The summed E-state index contributed by atoms with van der Waals surface area (Å²) in [4.78, 5) is 85.4. The second-order valence-corrected chi connectivity index (χ2v) is 27.3. The zero-order valence-electron chi connectivity index (χ0n) is 47.6. The highest BCUT2D eigenvalue weighted by molar-refractivity contribution is 7.22. The molecule has 6 aliphatic carbocycles. The molecule has 0 aliphatic heterocycles. The minimum atomic E-state index is -0.436. The second-order valence-electron chi connectivity index (χ2n) is 26.3. The van der Waals surface area contributed by atoms with E-state index < -0.39 is 23.8 Å². The van der Waals surface area contributed by atoms with Crippen molar-refractivity contribution in [2.45, 2.75) is 220 Å². The van der Waals surface area contributed by atoms with Crippen molar-refractivity contribution in [1.82, 2.24) is 4.98 Å². The van der Waals surface area contributed by atoms with E-state index in [0.29, 0.717) is 135 Å².